The van der Waals surface area contributed by atoms with E-state index in [2.05, 4.69) is 63.2 Å². The predicted octanol–water partition coefficient (Wildman–Crippen LogP) is 5.58. The van der Waals surface area contributed by atoms with Gasteiger partial charge in [-0.25, -0.2) is 15.0 Å². The Kier molecular flexibility index (Phi) is 4.44. The second-order valence-corrected chi connectivity index (χ2v) is 7.83. The summed E-state index contributed by atoms with van der Waals surface area (Å²) < 4.78 is 0. The third kappa shape index (κ3) is 3.72. The number of benzene rings is 3. The summed E-state index contributed by atoms with van der Waals surface area (Å²) >= 11 is 0. The molecule has 0 aliphatic rings. The highest BCUT2D eigenvalue weighted by Crippen LogP contribution is 2.24. The van der Waals surface area contributed by atoms with Crippen LogP contribution in [0.1, 0.15) is 38.0 Å². The lowest BCUT2D eigenvalue weighted by Crippen LogP contribution is -2.19. The van der Waals surface area contributed by atoms with Gasteiger partial charge in [0.25, 0.3) is 0 Å². The van der Waals surface area contributed by atoms with Crippen LogP contribution in [0.25, 0.3) is 22.2 Å². The predicted molar refractivity (Wildman–Crippen MR) is 111 cm³/mol. The fraction of sp³-hybridized carbons (Fsp3) is 0.208. The third-order valence-electron chi connectivity index (χ3n) is 4.61. The SMILES string of the molecule is CC(C)(C)c1nc(Cc2cccc3ccccc23)nc(-c2ccccc2)n1. The van der Waals surface area contributed by atoms with Crippen molar-refractivity contribution in [3.8, 4) is 11.4 Å². The molecule has 1 heterocycles. The van der Waals surface area contributed by atoms with Crippen LogP contribution in [0.4, 0.5) is 0 Å². The van der Waals surface area contributed by atoms with Crippen LogP contribution in [0.15, 0.2) is 72.8 Å². The molecule has 3 heteroatoms. The van der Waals surface area contributed by atoms with Crippen molar-refractivity contribution in [2.45, 2.75) is 32.6 Å². The first kappa shape index (κ1) is 17.3. The summed E-state index contributed by atoms with van der Waals surface area (Å²) in [4.78, 5) is 14.4. The van der Waals surface area contributed by atoms with E-state index in [-0.39, 0.29) is 5.41 Å². The lowest BCUT2D eigenvalue weighted by atomic mass is 9.95. The van der Waals surface area contributed by atoms with E-state index in [1.165, 1.54) is 16.3 Å². The van der Waals surface area contributed by atoms with Gasteiger partial charge >= 0.3 is 0 Å². The molecular formula is C24H23N3. The molecule has 0 amide bonds. The molecule has 134 valence electrons. The molecule has 0 radical (unpaired) electrons. The van der Waals surface area contributed by atoms with E-state index in [0.717, 1.165) is 23.0 Å². The summed E-state index contributed by atoms with van der Waals surface area (Å²) in [5.74, 6) is 2.38. The van der Waals surface area contributed by atoms with Crippen LogP contribution < -0.4 is 0 Å². The molecule has 0 N–H and O–H groups in total. The maximum absolute atomic E-state index is 4.81. The van der Waals surface area contributed by atoms with Crippen LogP contribution in [0.5, 0.6) is 0 Å². The Labute approximate surface area is 160 Å². The largest absolute Gasteiger partial charge is 0.217 e. The first-order valence-corrected chi connectivity index (χ1v) is 9.28. The molecule has 1 aromatic heterocycles. The minimum atomic E-state index is -0.139. The Morgan fingerprint density at radius 2 is 1.41 bits per heavy atom. The van der Waals surface area contributed by atoms with Gasteiger partial charge in [0.15, 0.2) is 5.82 Å². The smallest absolute Gasteiger partial charge is 0.163 e. The number of hydrogen-bond acceptors (Lipinski definition) is 3. The van der Waals surface area contributed by atoms with Gasteiger partial charge in [0.2, 0.25) is 0 Å². The molecule has 27 heavy (non-hydrogen) atoms. The molecule has 3 aromatic carbocycles. The van der Waals surface area contributed by atoms with Gasteiger partial charge in [-0.15, -0.1) is 0 Å². The summed E-state index contributed by atoms with van der Waals surface area (Å²) in [5.41, 5.74) is 2.11. The Morgan fingerprint density at radius 1 is 0.704 bits per heavy atom. The van der Waals surface area contributed by atoms with Crippen molar-refractivity contribution in [3.63, 3.8) is 0 Å². The summed E-state index contributed by atoms with van der Waals surface area (Å²) in [6.07, 6.45) is 0.687. The Morgan fingerprint density at radius 3 is 2.19 bits per heavy atom. The van der Waals surface area contributed by atoms with E-state index in [1.54, 1.807) is 0 Å². The van der Waals surface area contributed by atoms with Gasteiger partial charge in [-0.2, -0.15) is 0 Å². The van der Waals surface area contributed by atoms with Crippen LogP contribution in [0.2, 0.25) is 0 Å². The van der Waals surface area contributed by atoms with Gasteiger partial charge in [-0.05, 0) is 16.3 Å². The third-order valence-corrected chi connectivity index (χ3v) is 4.61. The zero-order valence-electron chi connectivity index (χ0n) is 16.0. The van der Waals surface area contributed by atoms with Crippen LogP contribution in [0, 0.1) is 0 Å². The van der Waals surface area contributed by atoms with E-state index < -0.39 is 0 Å². The Hall–Kier alpha value is -3.07. The highest BCUT2D eigenvalue weighted by Gasteiger charge is 2.20. The van der Waals surface area contributed by atoms with E-state index in [9.17, 15) is 0 Å². The minimum Gasteiger partial charge on any atom is -0.217 e. The molecule has 0 bridgehead atoms. The van der Waals surface area contributed by atoms with E-state index in [4.69, 9.17) is 15.0 Å². The molecule has 4 rings (SSSR count). The topological polar surface area (TPSA) is 38.7 Å². The van der Waals surface area contributed by atoms with Crippen LogP contribution in [0.3, 0.4) is 0 Å². The zero-order valence-corrected chi connectivity index (χ0v) is 16.0. The molecule has 0 saturated heterocycles. The molecule has 3 nitrogen and oxygen atoms in total. The van der Waals surface area contributed by atoms with Gasteiger partial charge in [0, 0.05) is 17.4 Å². The number of hydrogen-bond donors (Lipinski definition) is 0. The second-order valence-electron chi connectivity index (χ2n) is 7.83. The zero-order chi connectivity index (χ0) is 18.9. The highest BCUT2D eigenvalue weighted by molar-refractivity contribution is 5.85. The van der Waals surface area contributed by atoms with Gasteiger partial charge in [-0.3, -0.25) is 0 Å². The number of nitrogens with zero attached hydrogens (tertiary/aromatic N) is 3. The van der Waals surface area contributed by atoms with Crippen LogP contribution in [-0.4, -0.2) is 15.0 Å². The molecular weight excluding hydrogens is 330 g/mol. The van der Waals surface area contributed by atoms with E-state index >= 15 is 0 Å². The molecule has 4 aromatic rings. The number of rotatable bonds is 3. The highest BCUT2D eigenvalue weighted by atomic mass is 15.0. The monoisotopic (exact) mass is 353 g/mol. The van der Waals surface area contributed by atoms with Crippen molar-refractivity contribution < 1.29 is 0 Å². The maximum atomic E-state index is 4.81. The molecule has 0 spiro atoms. The summed E-state index contributed by atoms with van der Waals surface area (Å²) in [6, 6.07) is 25.0. The molecule has 0 unspecified atom stereocenters. The van der Waals surface area contributed by atoms with E-state index in [1.807, 2.05) is 30.3 Å². The number of aromatic nitrogens is 3. The maximum Gasteiger partial charge on any atom is 0.163 e. The lowest BCUT2D eigenvalue weighted by Gasteiger charge is -2.18. The quantitative estimate of drug-likeness (QED) is 0.482. The Bertz CT molecular complexity index is 1070. The lowest BCUT2D eigenvalue weighted by molar-refractivity contribution is 0.538. The van der Waals surface area contributed by atoms with Gasteiger partial charge in [0.1, 0.15) is 11.6 Å². The molecule has 0 aliphatic heterocycles. The van der Waals surface area contributed by atoms with Crippen molar-refractivity contribution in [2.75, 3.05) is 0 Å². The summed E-state index contributed by atoms with van der Waals surface area (Å²) in [5, 5.41) is 2.49. The van der Waals surface area contributed by atoms with E-state index in [0.29, 0.717) is 6.42 Å². The van der Waals surface area contributed by atoms with Gasteiger partial charge in [0.05, 0.1) is 0 Å². The van der Waals surface area contributed by atoms with Crippen molar-refractivity contribution in [1.29, 1.82) is 0 Å². The van der Waals surface area contributed by atoms with Crippen molar-refractivity contribution in [2.24, 2.45) is 0 Å². The molecule has 0 fully saturated rings. The van der Waals surface area contributed by atoms with Crippen LogP contribution in [-0.2, 0) is 11.8 Å². The van der Waals surface area contributed by atoms with Crippen molar-refractivity contribution in [1.82, 2.24) is 15.0 Å². The molecule has 0 saturated carbocycles. The summed E-state index contributed by atoms with van der Waals surface area (Å²) in [6.45, 7) is 6.41. The average molecular weight is 353 g/mol. The molecule has 0 atom stereocenters. The van der Waals surface area contributed by atoms with Crippen LogP contribution >= 0.6 is 0 Å². The first-order chi connectivity index (χ1) is 13.0. The standard InChI is InChI=1S/C24H23N3/c1-24(2,3)23-26-21(25-22(27-23)18-11-5-4-6-12-18)16-19-14-9-13-17-10-7-8-15-20(17)19/h4-15H,16H2,1-3H3. The average Bonchev–Trinajstić information content (AvgIpc) is 2.68. The normalized spacial score (nSPS) is 11.7. The molecule has 0 aliphatic carbocycles. The van der Waals surface area contributed by atoms with Gasteiger partial charge < -0.3 is 0 Å². The second kappa shape index (κ2) is 6.92. The van der Waals surface area contributed by atoms with Crippen molar-refractivity contribution in [3.05, 3.63) is 90.0 Å². The minimum absolute atomic E-state index is 0.139. The fourth-order valence-electron chi connectivity index (χ4n) is 3.17. The van der Waals surface area contributed by atoms with Gasteiger partial charge in [-0.1, -0.05) is 93.6 Å². The Balaban J connectivity index is 1.82. The first-order valence-electron chi connectivity index (χ1n) is 9.28. The fourth-order valence-corrected chi connectivity index (χ4v) is 3.17. The van der Waals surface area contributed by atoms with Crippen molar-refractivity contribution >= 4 is 10.8 Å². The number of fused-ring (bicyclic) bond motifs is 1. The summed E-state index contributed by atoms with van der Waals surface area (Å²) in [7, 11) is 0.